The van der Waals surface area contributed by atoms with Crippen LogP contribution in [0.1, 0.15) is 54.5 Å². The Labute approximate surface area is 184 Å². The van der Waals surface area contributed by atoms with E-state index < -0.39 is 15.9 Å². The zero-order valence-electron chi connectivity index (χ0n) is 18.3. The molecule has 3 rings (SSSR count). The Kier molecular flexibility index (Phi) is 7.56. The first-order chi connectivity index (χ1) is 14.8. The number of nitrogens with one attached hydrogen (secondary N) is 1. The number of amides is 1. The van der Waals surface area contributed by atoms with E-state index in [-0.39, 0.29) is 12.6 Å². The summed E-state index contributed by atoms with van der Waals surface area (Å²) in [5.74, 6) is -0.469. The molecule has 0 saturated heterocycles. The summed E-state index contributed by atoms with van der Waals surface area (Å²) in [6.07, 6.45) is 7.59. The SMILES string of the molecule is Cc1cc(C)c(S(=O)(=O)N(CC(=O)NN=Cc2ccccn2)C2CCCCC2)c(C)c1. The zero-order valence-corrected chi connectivity index (χ0v) is 19.2. The number of sulfonamides is 1. The molecule has 1 fully saturated rings. The summed E-state index contributed by atoms with van der Waals surface area (Å²) in [6, 6.07) is 8.92. The summed E-state index contributed by atoms with van der Waals surface area (Å²) in [7, 11) is -3.84. The van der Waals surface area contributed by atoms with E-state index in [2.05, 4.69) is 15.5 Å². The number of hydrazone groups is 1. The lowest BCUT2D eigenvalue weighted by atomic mass is 9.95. The van der Waals surface area contributed by atoms with Gasteiger partial charge >= 0.3 is 0 Å². The molecule has 0 bridgehead atoms. The number of carbonyl (C=O) groups is 1. The quantitative estimate of drug-likeness (QED) is 0.525. The van der Waals surface area contributed by atoms with E-state index in [0.717, 1.165) is 37.7 Å². The molecule has 2 aromatic rings. The van der Waals surface area contributed by atoms with Crippen molar-refractivity contribution >= 4 is 22.1 Å². The molecular formula is C23H30N4O3S. The first-order valence-electron chi connectivity index (χ1n) is 10.6. The molecule has 7 nitrogen and oxygen atoms in total. The maximum atomic E-state index is 13.7. The monoisotopic (exact) mass is 442 g/mol. The van der Waals surface area contributed by atoms with Crippen LogP contribution >= 0.6 is 0 Å². The Morgan fingerprint density at radius 1 is 1.16 bits per heavy atom. The third-order valence-electron chi connectivity index (χ3n) is 5.53. The van der Waals surface area contributed by atoms with Crippen LogP contribution in [0.15, 0.2) is 46.5 Å². The minimum atomic E-state index is -3.84. The van der Waals surface area contributed by atoms with Gasteiger partial charge in [-0.2, -0.15) is 9.41 Å². The molecule has 1 N–H and O–H groups in total. The van der Waals surface area contributed by atoms with Gasteiger partial charge in [0.1, 0.15) is 0 Å². The molecule has 1 aromatic heterocycles. The molecule has 31 heavy (non-hydrogen) atoms. The number of benzene rings is 1. The van der Waals surface area contributed by atoms with Crippen LogP contribution in [0.3, 0.4) is 0 Å². The average molecular weight is 443 g/mol. The van der Waals surface area contributed by atoms with Crippen molar-refractivity contribution in [3.63, 3.8) is 0 Å². The Morgan fingerprint density at radius 2 is 1.84 bits per heavy atom. The van der Waals surface area contributed by atoms with Crippen LogP contribution in [0.25, 0.3) is 0 Å². The first kappa shape index (κ1) is 23.1. The van der Waals surface area contributed by atoms with Crippen molar-refractivity contribution < 1.29 is 13.2 Å². The Balaban J connectivity index is 1.84. The normalized spacial score (nSPS) is 15.5. The summed E-state index contributed by atoms with van der Waals surface area (Å²) in [5, 5.41) is 3.93. The number of nitrogens with zero attached hydrogens (tertiary/aromatic N) is 3. The fourth-order valence-electron chi connectivity index (χ4n) is 4.27. The molecule has 166 valence electrons. The van der Waals surface area contributed by atoms with Crippen molar-refractivity contribution in [1.82, 2.24) is 14.7 Å². The lowest BCUT2D eigenvalue weighted by Crippen LogP contribution is -2.46. The molecule has 1 amide bonds. The van der Waals surface area contributed by atoms with Crippen molar-refractivity contribution in [2.75, 3.05) is 6.54 Å². The molecule has 1 saturated carbocycles. The number of hydrogen-bond donors (Lipinski definition) is 1. The second-order valence-electron chi connectivity index (χ2n) is 8.12. The van der Waals surface area contributed by atoms with Gasteiger partial charge in [0.05, 0.1) is 23.3 Å². The van der Waals surface area contributed by atoms with Crippen LogP contribution < -0.4 is 5.43 Å². The molecule has 8 heteroatoms. The Hall–Kier alpha value is -2.58. The molecule has 1 aliphatic rings. The van der Waals surface area contributed by atoms with Crippen LogP contribution in [-0.2, 0) is 14.8 Å². The number of aryl methyl sites for hydroxylation is 3. The lowest BCUT2D eigenvalue weighted by Gasteiger charge is -2.33. The van der Waals surface area contributed by atoms with Crippen molar-refractivity contribution in [3.8, 4) is 0 Å². The summed E-state index contributed by atoms with van der Waals surface area (Å²) in [6.45, 7) is 5.30. The van der Waals surface area contributed by atoms with Gasteiger partial charge in [-0.05, 0) is 56.9 Å². The van der Waals surface area contributed by atoms with E-state index in [4.69, 9.17) is 0 Å². The molecular weight excluding hydrogens is 412 g/mol. The standard InChI is InChI=1S/C23H30N4O3S/c1-17-13-18(2)23(19(3)14-17)31(29,30)27(21-10-5-4-6-11-21)16-22(28)26-25-15-20-9-7-8-12-24-20/h7-9,12-15,21H,4-6,10-11,16H2,1-3H3,(H,26,28). The predicted molar refractivity (Wildman–Crippen MR) is 121 cm³/mol. The lowest BCUT2D eigenvalue weighted by molar-refractivity contribution is -0.121. The van der Waals surface area contributed by atoms with Crippen LogP contribution in [0.2, 0.25) is 0 Å². The molecule has 0 aliphatic heterocycles. The minimum Gasteiger partial charge on any atom is -0.272 e. The van der Waals surface area contributed by atoms with Gasteiger partial charge in [0.2, 0.25) is 10.0 Å². The smallest absolute Gasteiger partial charge is 0.255 e. The number of rotatable bonds is 7. The van der Waals surface area contributed by atoms with Crippen LogP contribution in [0.5, 0.6) is 0 Å². The number of pyridine rings is 1. The Bertz CT molecular complexity index is 1020. The van der Waals surface area contributed by atoms with Crippen molar-refractivity contribution in [2.24, 2.45) is 5.10 Å². The average Bonchev–Trinajstić information content (AvgIpc) is 2.72. The van der Waals surface area contributed by atoms with Crippen molar-refractivity contribution in [1.29, 1.82) is 0 Å². The van der Waals surface area contributed by atoms with E-state index in [1.54, 1.807) is 18.3 Å². The molecule has 0 unspecified atom stereocenters. The van der Waals surface area contributed by atoms with E-state index in [1.807, 2.05) is 39.0 Å². The number of hydrogen-bond acceptors (Lipinski definition) is 5. The van der Waals surface area contributed by atoms with Gasteiger partial charge in [-0.3, -0.25) is 9.78 Å². The van der Waals surface area contributed by atoms with E-state index in [0.29, 0.717) is 21.7 Å². The van der Waals surface area contributed by atoms with E-state index in [1.165, 1.54) is 10.5 Å². The number of carbonyl (C=O) groups excluding carboxylic acids is 1. The van der Waals surface area contributed by atoms with Gasteiger partial charge in [0.25, 0.3) is 5.91 Å². The fourth-order valence-corrected chi connectivity index (χ4v) is 6.33. The maximum Gasteiger partial charge on any atom is 0.255 e. The Morgan fingerprint density at radius 3 is 2.45 bits per heavy atom. The predicted octanol–water partition coefficient (Wildman–Crippen LogP) is 3.48. The maximum absolute atomic E-state index is 13.7. The first-order valence-corrected chi connectivity index (χ1v) is 12.1. The van der Waals surface area contributed by atoms with Gasteiger partial charge in [-0.1, -0.05) is 43.0 Å². The zero-order chi connectivity index (χ0) is 22.4. The minimum absolute atomic E-state index is 0.190. The third kappa shape index (κ3) is 5.77. The van der Waals surface area contributed by atoms with Gasteiger partial charge in [-0.15, -0.1) is 0 Å². The molecule has 0 radical (unpaired) electrons. The summed E-state index contributed by atoms with van der Waals surface area (Å²) in [4.78, 5) is 17.0. The van der Waals surface area contributed by atoms with Crippen molar-refractivity contribution in [3.05, 3.63) is 58.9 Å². The molecule has 1 aromatic carbocycles. The van der Waals surface area contributed by atoms with Gasteiger partial charge in [-0.25, -0.2) is 13.8 Å². The highest BCUT2D eigenvalue weighted by atomic mass is 32.2. The number of aromatic nitrogens is 1. The van der Waals surface area contributed by atoms with Gasteiger partial charge in [0, 0.05) is 12.2 Å². The third-order valence-corrected chi connectivity index (χ3v) is 7.73. The highest BCUT2D eigenvalue weighted by Gasteiger charge is 2.35. The van der Waals surface area contributed by atoms with Gasteiger partial charge in [0.15, 0.2) is 0 Å². The molecule has 1 aliphatic carbocycles. The second kappa shape index (κ2) is 10.2. The fraction of sp³-hybridized carbons (Fsp3) is 0.435. The molecule has 0 atom stereocenters. The topological polar surface area (TPSA) is 91.7 Å². The van der Waals surface area contributed by atoms with Crippen LogP contribution in [0, 0.1) is 20.8 Å². The van der Waals surface area contributed by atoms with Crippen LogP contribution in [-0.4, -0.2) is 42.4 Å². The van der Waals surface area contributed by atoms with Crippen molar-refractivity contribution in [2.45, 2.75) is 63.8 Å². The largest absolute Gasteiger partial charge is 0.272 e. The molecule has 1 heterocycles. The summed E-state index contributed by atoms with van der Waals surface area (Å²) < 4.78 is 28.8. The molecule has 0 spiro atoms. The second-order valence-corrected chi connectivity index (χ2v) is 9.95. The summed E-state index contributed by atoms with van der Waals surface area (Å²) in [5.41, 5.74) is 5.46. The van der Waals surface area contributed by atoms with Gasteiger partial charge < -0.3 is 0 Å². The van der Waals surface area contributed by atoms with Crippen LogP contribution in [0.4, 0.5) is 0 Å². The van der Waals surface area contributed by atoms with E-state index >= 15 is 0 Å². The highest BCUT2D eigenvalue weighted by molar-refractivity contribution is 7.89. The highest BCUT2D eigenvalue weighted by Crippen LogP contribution is 2.31. The van der Waals surface area contributed by atoms with E-state index in [9.17, 15) is 13.2 Å². The summed E-state index contributed by atoms with van der Waals surface area (Å²) >= 11 is 0.